The van der Waals surface area contributed by atoms with Crippen LogP contribution in [0.2, 0.25) is 0 Å². The average molecular weight is 373 g/mol. The van der Waals surface area contributed by atoms with E-state index in [1.807, 2.05) is 24.3 Å². The van der Waals surface area contributed by atoms with Crippen molar-refractivity contribution in [3.8, 4) is 11.5 Å². The molecule has 0 saturated carbocycles. The zero-order valence-corrected chi connectivity index (χ0v) is 15.4. The first-order valence-electron chi connectivity index (χ1n) is 8.99. The van der Waals surface area contributed by atoms with Gasteiger partial charge >= 0.3 is 0 Å². The third kappa shape index (κ3) is 4.98. The third-order valence-electron chi connectivity index (χ3n) is 4.76. The maximum Gasteiger partial charge on any atom is 0.227 e. The molecule has 0 bridgehead atoms. The number of carbonyl (C=O) groups excluding carboxylic acids is 1. The highest BCUT2D eigenvalue weighted by atomic mass is 19.1. The maximum absolute atomic E-state index is 13.0. The smallest absolute Gasteiger partial charge is 0.227 e. The van der Waals surface area contributed by atoms with Crippen LogP contribution in [0.15, 0.2) is 48.5 Å². The van der Waals surface area contributed by atoms with Gasteiger partial charge in [0.2, 0.25) is 5.91 Å². The van der Waals surface area contributed by atoms with Gasteiger partial charge < -0.3 is 19.5 Å². The molecule has 1 aliphatic rings. The minimum absolute atomic E-state index is 0.0526. The van der Waals surface area contributed by atoms with Crippen molar-refractivity contribution in [1.29, 1.82) is 0 Å². The van der Waals surface area contributed by atoms with Crippen LogP contribution in [0.3, 0.4) is 0 Å². The molecule has 1 amide bonds. The Morgan fingerprint density at radius 2 is 1.96 bits per heavy atom. The lowest BCUT2D eigenvalue weighted by molar-refractivity contribution is -0.139. The second-order valence-corrected chi connectivity index (χ2v) is 6.87. The number of benzene rings is 2. The summed E-state index contributed by atoms with van der Waals surface area (Å²) in [6, 6.07) is 13.1. The molecule has 0 radical (unpaired) electrons. The monoisotopic (exact) mass is 373 g/mol. The van der Waals surface area contributed by atoms with Crippen molar-refractivity contribution in [3.63, 3.8) is 0 Å². The first-order chi connectivity index (χ1) is 13.0. The molecular weight excluding hydrogens is 349 g/mol. The van der Waals surface area contributed by atoms with Gasteiger partial charge in [-0.05, 0) is 43.2 Å². The topological polar surface area (TPSA) is 59.0 Å². The van der Waals surface area contributed by atoms with Crippen molar-refractivity contribution in [2.45, 2.75) is 24.9 Å². The van der Waals surface area contributed by atoms with Crippen molar-refractivity contribution >= 4 is 5.91 Å². The number of likely N-dealkylation sites (tertiary alicyclic amines) is 1. The number of amides is 1. The molecule has 1 aliphatic heterocycles. The Kier molecular flexibility index (Phi) is 5.96. The van der Waals surface area contributed by atoms with Crippen molar-refractivity contribution < 1.29 is 23.8 Å². The molecule has 1 saturated heterocycles. The summed E-state index contributed by atoms with van der Waals surface area (Å²) in [5, 5.41) is 10.9. The van der Waals surface area contributed by atoms with Gasteiger partial charge in [0.1, 0.15) is 29.5 Å². The number of aliphatic hydroxyl groups is 1. The van der Waals surface area contributed by atoms with E-state index in [0.29, 0.717) is 30.9 Å². The predicted octanol–water partition coefficient (Wildman–Crippen LogP) is 2.81. The van der Waals surface area contributed by atoms with Gasteiger partial charge in [0.05, 0.1) is 20.1 Å². The Labute approximate surface area is 158 Å². The molecule has 5 nitrogen and oxygen atoms in total. The molecule has 2 aromatic carbocycles. The second-order valence-electron chi connectivity index (χ2n) is 6.87. The Morgan fingerprint density at radius 1 is 1.22 bits per heavy atom. The van der Waals surface area contributed by atoms with Gasteiger partial charge in [0.25, 0.3) is 0 Å². The zero-order valence-electron chi connectivity index (χ0n) is 15.4. The molecule has 0 aliphatic carbocycles. The van der Waals surface area contributed by atoms with E-state index in [1.165, 1.54) is 24.3 Å². The Hall–Kier alpha value is -2.60. The van der Waals surface area contributed by atoms with E-state index in [9.17, 15) is 14.3 Å². The highest BCUT2D eigenvalue weighted by molar-refractivity contribution is 5.79. The highest BCUT2D eigenvalue weighted by Gasteiger charge is 2.36. The van der Waals surface area contributed by atoms with Crippen LogP contribution in [0.1, 0.15) is 18.4 Å². The third-order valence-corrected chi connectivity index (χ3v) is 4.76. The van der Waals surface area contributed by atoms with Gasteiger partial charge in [-0.3, -0.25) is 4.79 Å². The molecular formula is C21H24FNO4. The molecule has 27 heavy (non-hydrogen) atoms. The fourth-order valence-corrected chi connectivity index (χ4v) is 3.32. The number of carbonyl (C=O) groups is 1. The van der Waals surface area contributed by atoms with Crippen LogP contribution >= 0.6 is 0 Å². The number of nitrogens with zero attached hydrogens (tertiary/aromatic N) is 1. The Morgan fingerprint density at radius 3 is 2.70 bits per heavy atom. The standard InChI is InChI=1S/C21H24FNO4/c1-26-19-6-3-2-5-16(19)13-20(24)23-12-4-11-21(25,14-23)15-27-18-9-7-17(22)8-10-18/h2-3,5-10,25H,4,11-15H2,1H3. The van der Waals surface area contributed by atoms with Gasteiger partial charge in [0.15, 0.2) is 0 Å². The lowest BCUT2D eigenvalue weighted by Crippen LogP contribution is -2.53. The van der Waals surface area contributed by atoms with Gasteiger partial charge in [-0.25, -0.2) is 4.39 Å². The number of rotatable bonds is 6. The van der Waals surface area contributed by atoms with Crippen LogP contribution in [-0.4, -0.2) is 48.3 Å². The summed E-state index contributed by atoms with van der Waals surface area (Å²) in [5.74, 6) is 0.770. The molecule has 1 N–H and O–H groups in total. The number of hydrogen-bond acceptors (Lipinski definition) is 4. The fourth-order valence-electron chi connectivity index (χ4n) is 3.32. The largest absolute Gasteiger partial charge is 0.496 e. The number of para-hydroxylation sites is 1. The summed E-state index contributed by atoms with van der Waals surface area (Å²) in [7, 11) is 1.58. The lowest BCUT2D eigenvalue weighted by Gasteiger charge is -2.39. The number of ether oxygens (including phenoxy) is 2. The van der Waals surface area contributed by atoms with Gasteiger partial charge in [0, 0.05) is 12.1 Å². The molecule has 1 fully saturated rings. The lowest BCUT2D eigenvalue weighted by atomic mass is 9.93. The van der Waals surface area contributed by atoms with Gasteiger partial charge in [-0.1, -0.05) is 18.2 Å². The molecule has 1 heterocycles. The van der Waals surface area contributed by atoms with E-state index in [0.717, 1.165) is 5.56 Å². The number of piperidine rings is 1. The van der Waals surface area contributed by atoms with Crippen molar-refractivity contribution in [2.24, 2.45) is 0 Å². The number of β-amino-alcohol motifs (C(OH)–C–C–N with tert-alkyl or cyclic N) is 1. The van der Waals surface area contributed by atoms with Crippen molar-refractivity contribution in [3.05, 3.63) is 59.9 Å². The Bertz CT molecular complexity index is 780. The van der Waals surface area contributed by atoms with Crippen LogP contribution in [0.25, 0.3) is 0 Å². The number of halogens is 1. The fraction of sp³-hybridized carbons (Fsp3) is 0.381. The van der Waals surface area contributed by atoms with E-state index in [2.05, 4.69) is 0 Å². The normalized spacial score (nSPS) is 19.6. The van der Waals surface area contributed by atoms with Crippen LogP contribution in [-0.2, 0) is 11.2 Å². The van der Waals surface area contributed by atoms with Crippen LogP contribution < -0.4 is 9.47 Å². The molecule has 2 aromatic rings. The summed E-state index contributed by atoms with van der Waals surface area (Å²) in [4.78, 5) is 14.4. The molecule has 6 heteroatoms. The predicted molar refractivity (Wildman–Crippen MR) is 99.4 cm³/mol. The quantitative estimate of drug-likeness (QED) is 0.846. The average Bonchev–Trinajstić information content (AvgIpc) is 2.68. The summed E-state index contributed by atoms with van der Waals surface area (Å²) >= 11 is 0. The number of methoxy groups -OCH3 is 1. The molecule has 3 rings (SSSR count). The number of hydrogen-bond donors (Lipinski definition) is 1. The van der Waals surface area contributed by atoms with Crippen LogP contribution in [0.4, 0.5) is 4.39 Å². The SMILES string of the molecule is COc1ccccc1CC(=O)N1CCCC(O)(COc2ccc(F)cc2)C1. The first-order valence-corrected chi connectivity index (χ1v) is 8.99. The van der Waals surface area contributed by atoms with Crippen LogP contribution in [0, 0.1) is 5.82 Å². The Balaban J connectivity index is 1.60. The molecule has 1 unspecified atom stereocenters. The van der Waals surface area contributed by atoms with E-state index in [4.69, 9.17) is 9.47 Å². The van der Waals surface area contributed by atoms with E-state index >= 15 is 0 Å². The molecule has 0 aromatic heterocycles. The summed E-state index contributed by atoms with van der Waals surface area (Å²) < 4.78 is 23.9. The minimum Gasteiger partial charge on any atom is -0.496 e. The highest BCUT2D eigenvalue weighted by Crippen LogP contribution is 2.25. The van der Waals surface area contributed by atoms with E-state index in [-0.39, 0.29) is 31.3 Å². The summed E-state index contributed by atoms with van der Waals surface area (Å²) in [6.45, 7) is 0.867. The first kappa shape index (κ1) is 19.2. The molecule has 144 valence electrons. The summed E-state index contributed by atoms with van der Waals surface area (Å²) in [5.41, 5.74) is -0.301. The second kappa shape index (κ2) is 8.39. The summed E-state index contributed by atoms with van der Waals surface area (Å²) in [6.07, 6.45) is 1.46. The minimum atomic E-state index is -1.12. The van der Waals surface area contributed by atoms with Gasteiger partial charge in [-0.2, -0.15) is 0 Å². The van der Waals surface area contributed by atoms with Crippen LogP contribution in [0.5, 0.6) is 11.5 Å². The van der Waals surface area contributed by atoms with E-state index in [1.54, 1.807) is 12.0 Å². The molecule has 0 spiro atoms. The van der Waals surface area contributed by atoms with E-state index < -0.39 is 5.60 Å². The van der Waals surface area contributed by atoms with Gasteiger partial charge in [-0.15, -0.1) is 0 Å². The van der Waals surface area contributed by atoms with Crippen molar-refractivity contribution in [1.82, 2.24) is 4.90 Å². The maximum atomic E-state index is 13.0. The van der Waals surface area contributed by atoms with Crippen molar-refractivity contribution in [2.75, 3.05) is 26.8 Å². The molecule has 1 atom stereocenters. The zero-order chi connectivity index (χ0) is 19.3.